The summed E-state index contributed by atoms with van der Waals surface area (Å²) in [6.07, 6.45) is 0.895. The number of hydrogen-bond acceptors (Lipinski definition) is 4. The van der Waals surface area contributed by atoms with Gasteiger partial charge in [-0.2, -0.15) is 4.31 Å². The molecule has 0 radical (unpaired) electrons. The molecule has 0 aliphatic carbocycles. The van der Waals surface area contributed by atoms with E-state index >= 15 is 0 Å². The van der Waals surface area contributed by atoms with Gasteiger partial charge in [0.2, 0.25) is 15.9 Å². The fourth-order valence-electron chi connectivity index (χ4n) is 2.77. The van der Waals surface area contributed by atoms with Crippen molar-refractivity contribution in [1.82, 2.24) is 4.31 Å². The minimum absolute atomic E-state index is 0.00952. The highest BCUT2D eigenvalue weighted by Gasteiger charge is 2.33. The molecule has 1 heterocycles. The van der Waals surface area contributed by atoms with Crippen molar-refractivity contribution in [3.8, 4) is 5.75 Å². The molecule has 1 aliphatic heterocycles. The van der Waals surface area contributed by atoms with Gasteiger partial charge in [0.25, 0.3) is 0 Å². The number of sulfonamides is 1. The van der Waals surface area contributed by atoms with Crippen LogP contribution in [-0.2, 0) is 14.8 Å². The van der Waals surface area contributed by atoms with Gasteiger partial charge >= 0.3 is 0 Å². The average molecular weight is 326 g/mol. The smallest absolute Gasteiger partial charge is 0.243 e. The first-order valence-corrected chi connectivity index (χ1v) is 8.80. The van der Waals surface area contributed by atoms with Crippen molar-refractivity contribution in [2.45, 2.75) is 31.6 Å². The average Bonchev–Trinajstić information content (AvgIpc) is 2.87. The number of nitrogens with zero attached hydrogens (tertiary/aromatic N) is 1. The van der Waals surface area contributed by atoms with E-state index in [2.05, 4.69) is 0 Å². The van der Waals surface area contributed by atoms with Crippen LogP contribution in [0.2, 0.25) is 0 Å². The number of carbonyl (C=O) groups is 1. The van der Waals surface area contributed by atoms with Crippen molar-refractivity contribution < 1.29 is 17.9 Å². The van der Waals surface area contributed by atoms with E-state index in [1.165, 1.54) is 4.31 Å². The van der Waals surface area contributed by atoms with Crippen molar-refractivity contribution in [3.05, 3.63) is 23.8 Å². The van der Waals surface area contributed by atoms with E-state index < -0.39 is 10.0 Å². The van der Waals surface area contributed by atoms with Gasteiger partial charge < -0.3 is 10.5 Å². The minimum atomic E-state index is -3.54. The lowest BCUT2D eigenvalue weighted by atomic mass is 10.1. The number of hydrogen-bond donors (Lipinski definition) is 1. The second-order valence-corrected chi connectivity index (χ2v) is 7.45. The zero-order valence-corrected chi connectivity index (χ0v) is 13.7. The van der Waals surface area contributed by atoms with Gasteiger partial charge in [-0.1, -0.05) is 0 Å². The number of benzene rings is 1. The molecular formula is C15H22N2O4S. The predicted octanol–water partition coefficient (Wildman–Crippen LogP) is 1.28. The van der Waals surface area contributed by atoms with Crippen LogP contribution in [0.1, 0.15) is 25.3 Å². The van der Waals surface area contributed by atoms with Gasteiger partial charge in [-0.15, -0.1) is 0 Å². The van der Waals surface area contributed by atoms with Crippen molar-refractivity contribution in [2.24, 2.45) is 11.7 Å². The highest BCUT2D eigenvalue weighted by Crippen LogP contribution is 2.29. The third-order valence-corrected chi connectivity index (χ3v) is 5.84. The lowest BCUT2D eigenvalue weighted by molar-refractivity contribution is -0.118. The summed E-state index contributed by atoms with van der Waals surface area (Å²) in [6, 6.07) is 4.98. The summed E-state index contributed by atoms with van der Waals surface area (Å²) in [6.45, 7) is 4.94. The van der Waals surface area contributed by atoms with Gasteiger partial charge in [-0.3, -0.25) is 4.79 Å². The fourth-order valence-corrected chi connectivity index (χ4v) is 4.51. The molecule has 122 valence electrons. The van der Waals surface area contributed by atoms with Gasteiger partial charge in [-0.05, 0) is 49.9 Å². The Balaban J connectivity index is 2.19. The van der Waals surface area contributed by atoms with Crippen LogP contribution in [0.15, 0.2) is 23.1 Å². The molecule has 0 saturated carbocycles. The summed E-state index contributed by atoms with van der Waals surface area (Å²) >= 11 is 0. The number of rotatable bonds is 6. The first-order chi connectivity index (χ1) is 10.3. The first kappa shape index (κ1) is 16.8. The fraction of sp³-hybridized carbons (Fsp3) is 0.533. The van der Waals surface area contributed by atoms with E-state index in [4.69, 9.17) is 10.5 Å². The predicted molar refractivity (Wildman–Crippen MR) is 83.0 cm³/mol. The second-order valence-electron chi connectivity index (χ2n) is 5.55. The van der Waals surface area contributed by atoms with E-state index in [-0.39, 0.29) is 23.1 Å². The molecule has 22 heavy (non-hydrogen) atoms. The Labute approximate surface area is 131 Å². The maximum atomic E-state index is 12.7. The van der Waals surface area contributed by atoms with Gasteiger partial charge in [0, 0.05) is 19.5 Å². The summed E-state index contributed by atoms with van der Waals surface area (Å²) in [5.74, 6) is 0.281. The largest absolute Gasteiger partial charge is 0.494 e. The molecule has 6 nitrogen and oxygen atoms in total. The standard InChI is InChI=1S/C15H22N2O4S/c1-3-21-13-4-5-14(11(2)8-13)22(19,20)17-7-6-12(10-17)9-15(16)18/h4-5,8,12H,3,6-7,9-10H2,1-2H3,(H2,16,18). The van der Waals surface area contributed by atoms with Gasteiger partial charge in [-0.25, -0.2) is 8.42 Å². The molecule has 1 aliphatic rings. The third-order valence-electron chi connectivity index (χ3n) is 3.81. The molecule has 1 atom stereocenters. The Morgan fingerprint density at radius 3 is 2.77 bits per heavy atom. The summed E-state index contributed by atoms with van der Waals surface area (Å²) < 4.78 is 32.3. The summed E-state index contributed by atoms with van der Waals surface area (Å²) in [4.78, 5) is 11.3. The quantitative estimate of drug-likeness (QED) is 0.852. The van der Waals surface area contributed by atoms with Crippen LogP contribution in [0.3, 0.4) is 0 Å². The molecule has 1 fully saturated rings. The summed E-state index contributed by atoms with van der Waals surface area (Å²) in [5, 5.41) is 0. The number of carbonyl (C=O) groups excluding carboxylic acids is 1. The molecule has 2 rings (SSSR count). The zero-order valence-electron chi connectivity index (χ0n) is 12.9. The minimum Gasteiger partial charge on any atom is -0.494 e. The topological polar surface area (TPSA) is 89.7 Å². The first-order valence-electron chi connectivity index (χ1n) is 7.36. The Morgan fingerprint density at radius 1 is 1.45 bits per heavy atom. The molecule has 1 aromatic carbocycles. The third kappa shape index (κ3) is 3.59. The Hall–Kier alpha value is -1.60. The molecule has 1 saturated heterocycles. The maximum absolute atomic E-state index is 12.7. The lowest BCUT2D eigenvalue weighted by Gasteiger charge is -2.18. The van der Waals surface area contributed by atoms with Crippen LogP contribution in [0.5, 0.6) is 5.75 Å². The molecule has 1 aromatic rings. The molecule has 0 bridgehead atoms. The van der Waals surface area contributed by atoms with Crippen LogP contribution in [-0.4, -0.2) is 38.3 Å². The molecule has 0 spiro atoms. The Morgan fingerprint density at radius 2 is 2.18 bits per heavy atom. The number of ether oxygens (including phenoxy) is 1. The number of amides is 1. The van der Waals surface area contributed by atoms with E-state index in [1.54, 1.807) is 25.1 Å². The van der Waals surface area contributed by atoms with Gasteiger partial charge in [0.05, 0.1) is 11.5 Å². The zero-order chi connectivity index (χ0) is 16.3. The van der Waals surface area contributed by atoms with Crippen LogP contribution in [0.25, 0.3) is 0 Å². The highest BCUT2D eigenvalue weighted by atomic mass is 32.2. The molecule has 7 heteroatoms. The summed E-state index contributed by atoms with van der Waals surface area (Å²) in [7, 11) is -3.54. The van der Waals surface area contributed by atoms with E-state index in [9.17, 15) is 13.2 Å². The van der Waals surface area contributed by atoms with Crippen LogP contribution in [0.4, 0.5) is 0 Å². The molecule has 1 unspecified atom stereocenters. The monoisotopic (exact) mass is 326 g/mol. The molecule has 2 N–H and O–H groups in total. The van der Waals surface area contributed by atoms with Crippen molar-refractivity contribution >= 4 is 15.9 Å². The molecular weight excluding hydrogens is 304 g/mol. The van der Waals surface area contributed by atoms with Crippen LogP contribution < -0.4 is 10.5 Å². The van der Waals surface area contributed by atoms with Gasteiger partial charge in [0.1, 0.15) is 5.75 Å². The number of aryl methyl sites for hydroxylation is 1. The van der Waals surface area contributed by atoms with E-state index in [1.807, 2.05) is 6.92 Å². The summed E-state index contributed by atoms with van der Waals surface area (Å²) in [5.41, 5.74) is 5.84. The normalized spacial score (nSPS) is 19.3. The van der Waals surface area contributed by atoms with Crippen molar-refractivity contribution in [2.75, 3.05) is 19.7 Å². The number of primary amides is 1. The van der Waals surface area contributed by atoms with Crippen molar-refractivity contribution in [1.29, 1.82) is 0 Å². The Bertz CT molecular complexity index is 658. The van der Waals surface area contributed by atoms with Gasteiger partial charge in [0.15, 0.2) is 0 Å². The van der Waals surface area contributed by atoms with E-state index in [0.717, 1.165) is 0 Å². The Kier molecular flexibility index (Phi) is 5.08. The SMILES string of the molecule is CCOc1ccc(S(=O)(=O)N2CCC(CC(N)=O)C2)c(C)c1. The lowest BCUT2D eigenvalue weighted by Crippen LogP contribution is -2.30. The number of nitrogens with two attached hydrogens (primary N) is 1. The van der Waals surface area contributed by atoms with Crippen LogP contribution >= 0.6 is 0 Å². The maximum Gasteiger partial charge on any atom is 0.243 e. The van der Waals surface area contributed by atoms with Crippen molar-refractivity contribution in [3.63, 3.8) is 0 Å². The second kappa shape index (κ2) is 6.66. The van der Waals surface area contributed by atoms with E-state index in [0.29, 0.717) is 37.4 Å². The highest BCUT2D eigenvalue weighted by molar-refractivity contribution is 7.89. The molecule has 1 amide bonds. The molecule has 0 aromatic heterocycles. The van der Waals surface area contributed by atoms with Crippen LogP contribution in [0, 0.1) is 12.8 Å².